The van der Waals surface area contributed by atoms with Crippen LogP contribution >= 0.6 is 0 Å². The highest BCUT2D eigenvalue weighted by Gasteiger charge is 2.37. The molecule has 1 aromatic heterocycles. The molecule has 3 heterocycles. The summed E-state index contributed by atoms with van der Waals surface area (Å²) in [6, 6.07) is 22.5. The van der Waals surface area contributed by atoms with Gasteiger partial charge in [0.25, 0.3) is 5.89 Å². The number of nitrogens with zero attached hydrogens (tertiary/aromatic N) is 3. The van der Waals surface area contributed by atoms with Gasteiger partial charge in [-0.2, -0.15) is 4.98 Å². The quantitative estimate of drug-likeness (QED) is 0.392. The molecule has 1 unspecified atom stereocenters. The number of aryl methyl sites for hydroxylation is 1. The average molecular weight is 481 g/mol. The van der Waals surface area contributed by atoms with Gasteiger partial charge < -0.3 is 19.3 Å². The van der Waals surface area contributed by atoms with E-state index in [1.54, 1.807) is 17.0 Å². The molecule has 0 spiro atoms. The summed E-state index contributed by atoms with van der Waals surface area (Å²) in [6.07, 6.45) is 0.956. The van der Waals surface area contributed by atoms with Crippen LogP contribution in [-0.4, -0.2) is 23.0 Å². The molecule has 0 bridgehead atoms. The summed E-state index contributed by atoms with van der Waals surface area (Å²) in [5.41, 5.74) is 5.07. The maximum Gasteiger partial charge on any atom is 0.327 e. The second-order valence-electron chi connectivity index (χ2n) is 8.64. The normalized spacial score (nSPS) is 16.9. The predicted octanol–water partition coefficient (Wildman–Crippen LogP) is 5.73. The Morgan fingerprint density at radius 3 is 2.56 bits per heavy atom. The lowest BCUT2D eigenvalue weighted by Crippen LogP contribution is -2.46. The van der Waals surface area contributed by atoms with Crippen molar-refractivity contribution in [2.45, 2.75) is 26.3 Å². The molecule has 180 valence electrons. The third-order valence-corrected chi connectivity index (χ3v) is 6.51. The van der Waals surface area contributed by atoms with Gasteiger partial charge in [0.1, 0.15) is 0 Å². The summed E-state index contributed by atoms with van der Waals surface area (Å²) in [4.78, 5) is 19.7. The van der Waals surface area contributed by atoms with Gasteiger partial charge in [-0.05, 0) is 36.6 Å². The van der Waals surface area contributed by atoms with Crippen molar-refractivity contribution in [1.29, 1.82) is 0 Å². The van der Waals surface area contributed by atoms with E-state index in [-0.39, 0.29) is 12.8 Å². The third-order valence-electron chi connectivity index (χ3n) is 6.51. The molecule has 0 fully saturated rings. The molecule has 36 heavy (non-hydrogen) atoms. The van der Waals surface area contributed by atoms with E-state index < -0.39 is 6.04 Å². The first-order valence-corrected chi connectivity index (χ1v) is 11.8. The van der Waals surface area contributed by atoms with Crippen molar-refractivity contribution in [1.82, 2.24) is 15.5 Å². The Kier molecular flexibility index (Phi) is 5.41. The van der Waals surface area contributed by atoms with Crippen LogP contribution in [-0.2, 0) is 6.42 Å². The number of amides is 2. The fourth-order valence-electron chi connectivity index (χ4n) is 4.59. The van der Waals surface area contributed by atoms with Crippen LogP contribution in [0.1, 0.15) is 36.9 Å². The van der Waals surface area contributed by atoms with E-state index in [2.05, 4.69) is 29.5 Å². The average Bonchev–Trinajstić information content (AvgIpc) is 3.59. The van der Waals surface area contributed by atoms with Crippen molar-refractivity contribution < 1.29 is 18.8 Å². The van der Waals surface area contributed by atoms with Gasteiger partial charge in [-0.1, -0.05) is 66.7 Å². The van der Waals surface area contributed by atoms with Crippen LogP contribution in [0, 0.1) is 0 Å². The van der Waals surface area contributed by atoms with E-state index >= 15 is 0 Å². The monoisotopic (exact) mass is 480 g/mol. The Morgan fingerprint density at radius 1 is 1.00 bits per heavy atom. The topological polar surface area (TPSA) is 89.7 Å². The lowest BCUT2D eigenvalue weighted by molar-refractivity contribution is 0.174. The predicted molar refractivity (Wildman–Crippen MR) is 134 cm³/mol. The maximum atomic E-state index is 13.4. The number of carbonyl (C=O) groups excluding carboxylic acids is 1. The number of fused-ring (bicyclic) bond motifs is 1. The number of aromatic nitrogens is 2. The molecule has 2 aliphatic heterocycles. The number of hydrogen-bond acceptors (Lipinski definition) is 6. The van der Waals surface area contributed by atoms with Gasteiger partial charge in [0, 0.05) is 17.3 Å². The lowest BCUT2D eigenvalue weighted by Gasteiger charge is -2.35. The Morgan fingerprint density at radius 2 is 1.78 bits per heavy atom. The molecule has 8 heteroatoms. The third kappa shape index (κ3) is 3.76. The first-order valence-electron chi connectivity index (χ1n) is 11.8. The van der Waals surface area contributed by atoms with Crippen molar-refractivity contribution in [3.63, 3.8) is 0 Å². The Labute approximate surface area is 208 Å². The second-order valence-corrected chi connectivity index (χ2v) is 8.64. The lowest BCUT2D eigenvalue weighted by atomic mass is 9.94. The smallest absolute Gasteiger partial charge is 0.327 e. The summed E-state index contributed by atoms with van der Waals surface area (Å²) in [6.45, 7) is 4.16. The van der Waals surface area contributed by atoms with E-state index in [4.69, 9.17) is 19.0 Å². The number of anilines is 1. The van der Waals surface area contributed by atoms with Crippen LogP contribution < -0.4 is 19.7 Å². The maximum absolute atomic E-state index is 13.4. The summed E-state index contributed by atoms with van der Waals surface area (Å²) >= 11 is 0. The number of carbonyl (C=O) groups is 1. The molecule has 0 saturated carbocycles. The van der Waals surface area contributed by atoms with Gasteiger partial charge in [0.2, 0.25) is 12.6 Å². The number of ether oxygens (including phenoxy) is 2. The molecule has 1 N–H and O–H groups in total. The van der Waals surface area contributed by atoms with Gasteiger partial charge in [0.05, 0.1) is 17.3 Å². The molecular weight excluding hydrogens is 456 g/mol. The van der Waals surface area contributed by atoms with Crippen LogP contribution in [0.25, 0.3) is 17.0 Å². The Balaban J connectivity index is 1.46. The fourth-order valence-corrected chi connectivity index (χ4v) is 4.59. The zero-order valence-electron chi connectivity index (χ0n) is 19.9. The summed E-state index contributed by atoms with van der Waals surface area (Å²) in [5, 5.41) is 7.38. The standard InChI is InChI=1S/C28H24N4O4/c1-3-18-9-11-20(12-10-18)26-30-27(36-31-26)24-17(2)32(21-13-14-22-23(15-21)35-16-34-22)28(33)29-25(24)19-7-5-4-6-8-19/h4-15,25H,3,16H2,1-2H3,(H,29,33). The minimum Gasteiger partial charge on any atom is -0.454 e. The first-order chi connectivity index (χ1) is 17.6. The molecule has 2 amide bonds. The highest BCUT2D eigenvalue weighted by Crippen LogP contribution is 2.42. The molecule has 6 rings (SSSR count). The minimum absolute atomic E-state index is 0.158. The summed E-state index contributed by atoms with van der Waals surface area (Å²) in [5.74, 6) is 2.08. The molecule has 8 nitrogen and oxygen atoms in total. The number of allylic oxidation sites excluding steroid dienone is 1. The number of hydrogen-bond donors (Lipinski definition) is 1. The minimum atomic E-state index is -0.459. The Hall–Kier alpha value is -4.59. The second kappa shape index (κ2) is 8.88. The van der Waals surface area contributed by atoms with E-state index in [1.165, 1.54) is 5.56 Å². The van der Waals surface area contributed by atoms with Crippen molar-refractivity contribution >= 4 is 17.3 Å². The van der Waals surface area contributed by atoms with E-state index in [9.17, 15) is 4.79 Å². The molecular formula is C28H24N4O4. The van der Waals surface area contributed by atoms with Gasteiger partial charge in [0.15, 0.2) is 11.5 Å². The zero-order valence-corrected chi connectivity index (χ0v) is 19.9. The van der Waals surface area contributed by atoms with E-state index in [0.29, 0.717) is 34.6 Å². The highest BCUT2D eigenvalue weighted by molar-refractivity contribution is 6.01. The number of nitrogens with one attached hydrogen (secondary N) is 1. The van der Waals surface area contributed by atoms with Crippen LogP contribution in [0.4, 0.5) is 10.5 Å². The van der Waals surface area contributed by atoms with E-state index in [1.807, 2.05) is 55.5 Å². The van der Waals surface area contributed by atoms with Gasteiger partial charge in [-0.3, -0.25) is 4.90 Å². The van der Waals surface area contributed by atoms with Gasteiger partial charge >= 0.3 is 6.03 Å². The van der Waals surface area contributed by atoms with Gasteiger partial charge in [-0.25, -0.2) is 4.79 Å². The first kappa shape index (κ1) is 21.9. The van der Waals surface area contributed by atoms with Crippen molar-refractivity contribution in [2.75, 3.05) is 11.7 Å². The molecule has 0 radical (unpaired) electrons. The van der Waals surface area contributed by atoms with Gasteiger partial charge in [-0.15, -0.1) is 0 Å². The molecule has 2 aliphatic rings. The fraction of sp³-hybridized carbons (Fsp3) is 0.179. The molecule has 1 atom stereocenters. The Bertz CT molecular complexity index is 1460. The summed E-state index contributed by atoms with van der Waals surface area (Å²) < 4.78 is 16.8. The highest BCUT2D eigenvalue weighted by atomic mass is 16.7. The molecule has 0 saturated heterocycles. The number of urea groups is 1. The molecule has 3 aromatic carbocycles. The van der Waals surface area contributed by atoms with Crippen LogP contribution in [0.2, 0.25) is 0 Å². The molecule has 4 aromatic rings. The van der Waals surface area contributed by atoms with Crippen LogP contribution in [0.3, 0.4) is 0 Å². The van der Waals surface area contributed by atoms with Crippen molar-refractivity contribution in [3.8, 4) is 22.9 Å². The molecule has 0 aliphatic carbocycles. The summed E-state index contributed by atoms with van der Waals surface area (Å²) in [7, 11) is 0. The van der Waals surface area contributed by atoms with Crippen LogP contribution in [0.15, 0.2) is 83.0 Å². The van der Waals surface area contributed by atoms with Crippen LogP contribution in [0.5, 0.6) is 11.5 Å². The SMILES string of the molecule is CCc1ccc(-c2noc(C3=C(C)N(c4ccc5c(c4)OCO5)C(=O)NC3c3ccccc3)n2)cc1. The number of rotatable bonds is 5. The largest absolute Gasteiger partial charge is 0.454 e. The van der Waals surface area contributed by atoms with E-state index in [0.717, 1.165) is 23.1 Å². The number of benzene rings is 3. The van der Waals surface area contributed by atoms with Crippen molar-refractivity contribution in [3.05, 3.63) is 95.5 Å². The van der Waals surface area contributed by atoms with Crippen molar-refractivity contribution in [2.24, 2.45) is 0 Å². The zero-order chi connectivity index (χ0) is 24.6.